The van der Waals surface area contributed by atoms with Gasteiger partial charge in [0.25, 0.3) is 5.69 Å². The Labute approximate surface area is 167 Å². The molecule has 0 saturated heterocycles. The first-order valence-corrected chi connectivity index (χ1v) is 8.68. The first-order chi connectivity index (χ1) is 14.1. The number of nitrogens with zero attached hydrogens (tertiary/aromatic N) is 3. The van der Waals surface area contributed by atoms with Gasteiger partial charge in [-0.3, -0.25) is 10.1 Å². The smallest absolute Gasteiger partial charge is 0.270 e. The quantitative estimate of drug-likeness (QED) is 0.256. The molecule has 6 heteroatoms. The van der Waals surface area contributed by atoms with Crippen molar-refractivity contribution in [2.45, 2.75) is 6.61 Å². The van der Waals surface area contributed by atoms with Gasteiger partial charge in [-0.1, -0.05) is 42.5 Å². The topological polar surface area (TPSA) is 99.9 Å². The lowest BCUT2D eigenvalue weighted by Crippen LogP contribution is -1.98. The van der Waals surface area contributed by atoms with Gasteiger partial charge < -0.3 is 4.74 Å². The van der Waals surface area contributed by atoms with Gasteiger partial charge in [0.15, 0.2) is 0 Å². The van der Waals surface area contributed by atoms with Gasteiger partial charge in [0.1, 0.15) is 12.4 Å². The molecule has 0 aliphatic carbocycles. The van der Waals surface area contributed by atoms with Gasteiger partial charge in [0, 0.05) is 17.7 Å². The molecular weight excluding hydrogens is 366 g/mol. The predicted molar refractivity (Wildman–Crippen MR) is 109 cm³/mol. The monoisotopic (exact) mass is 381 g/mol. The van der Waals surface area contributed by atoms with Crippen molar-refractivity contribution in [3.63, 3.8) is 0 Å². The lowest BCUT2D eigenvalue weighted by atomic mass is 10.0. The highest BCUT2D eigenvalue weighted by Crippen LogP contribution is 2.23. The van der Waals surface area contributed by atoms with Crippen LogP contribution in [0.4, 0.5) is 5.69 Å². The largest absolute Gasteiger partial charge is 0.489 e. The normalized spacial score (nSPS) is 10.6. The minimum Gasteiger partial charge on any atom is -0.489 e. The van der Waals surface area contributed by atoms with Gasteiger partial charge in [-0.25, -0.2) is 0 Å². The summed E-state index contributed by atoms with van der Waals surface area (Å²) >= 11 is 0. The van der Waals surface area contributed by atoms with Crippen LogP contribution in [0.2, 0.25) is 0 Å². The third kappa shape index (κ3) is 4.85. The van der Waals surface area contributed by atoms with Gasteiger partial charge in [0.2, 0.25) is 0 Å². The number of allylic oxidation sites excluding steroid dienone is 1. The molecule has 0 heterocycles. The zero-order valence-electron chi connectivity index (χ0n) is 15.3. The third-order valence-corrected chi connectivity index (χ3v) is 4.21. The highest BCUT2D eigenvalue weighted by atomic mass is 16.6. The molecule has 0 aliphatic heterocycles. The summed E-state index contributed by atoms with van der Waals surface area (Å²) in [7, 11) is 0. The lowest BCUT2D eigenvalue weighted by molar-refractivity contribution is -0.384. The zero-order chi connectivity index (χ0) is 20.6. The van der Waals surface area contributed by atoms with Gasteiger partial charge in [-0.05, 0) is 35.4 Å². The molecule has 3 rings (SSSR count). The van der Waals surface area contributed by atoms with Crippen LogP contribution >= 0.6 is 0 Å². The molecule has 0 aliphatic rings. The average molecular weight is 381 g/mol. The molecule has 0 spiro atoms. The summed E-state index contributed by atoms with van der Waals surface area (Å²) in [5.74, 6) is 0.628. The van der Waals surface area contributed by atoms with Crippen molar-refractivity contribution >= 4 is 17.3 Å². The standard InChI is InChI=1S/C23H15N3O3/c24-14-19-4-1-2-5-20(19)16-29-23-10-8-17(9-11-23)12-21(15-25)18-6-3-7-22(13-18)26(27)28/h1-13H,16H2/b21-12+. The molecule has 0 atom stereocenters. The summed E-state index contributed by atoms with van der Waals surface area (Å²) in [6.07, 6.45) is 1.66. The maximum atomic E-state index is 10.9. The van der Waals surface area contributed by atoms with Crippen molar-refractivity contribution < 1.29 is 9.66 Å². The third-order valence-electron chi connectivity index (χ3n) is 4.21. The fraction of sp³-hybridized carbons (Fsp3) is 0.0435. The summed E-state index contributed by atoms with van der Waals surface area (Å²) < 4.78 is 5.74. The van der Waals surface area contributed by atoms with Gasteiger partial charge in [-0.15, -0.1) is 0 Å². The van der Waals surface area contributed by atoms with Gasteiger partial charge >= 0.3 is 0 Å². The summed E-state index contributed by atoms with van der Waals surface area (Å²) in [4.78, 5) is 10.4. The number of hydrogen-bond acceptors (Lipinski definition) is 5. The Kier molecular flexibility index (Phi) is 5.99. The first kappa shape index (κ1) is 19.3. The van der Waals surface area contributed by atoms with Crippen LogP contribution in [0.15, 0.2) is 72.8 Å². The number of nitro benzene ring substituents is 1. The molecule has 6 nitrogen and oxygen atoms in total. The van der Waals surface area contributed by atoms with E-state index in [-0.39, 0.29) is 12.3 Å². The van der Waals surface area contributed by atoms with Crippen molar-refractivity contribution in [2.75, 3.05) is 0 Å². The molecule has 140 valence electrons. The van der Waals surface area contributed by atoms with Crippen molar-refractivity contribution in [1.29, 1.82) is 10.5 Å². The maximum Gasteiger partial charge on any atom is 0.270 e. The first-order valence-electron chi connectivity index (χ1n) is 8.68. The van der Waals surface area contributed by atoms with Gasteiger partial charge in [0.05, 0.1) is 28.2 Å². The number of nitro groups is 1. The number of benzene rings is 3. The van der Waals surface area contributed by atoms with Crippen LogP contribution in [-0.2, 0) is 6.61 Å². The number of ether oxygens (including phenoxy) is 1. The van der Waals surface area contributed by atoms with Crippen LogP contribution < -0.4 is 4.74 Å². The van der Waals surface area contributed by atoms with Crippen LogP contribution in [-0.4, -0.2) is 4.92 Å². The Bertz CT molecular complexity index is 1150. The lowest BCUT2D eigenvalue weighted by Gasteiger charge is -2.08. The molecule has 29 heavy (non-hydrogen) atoms. The molecule has 3 aromatic rings. The van der Waals surface area contributed by atoms with Crippen molar-refractivity contribution in [3.8, 4) is 17.9 Å². The summed E-state index contributed by atoms with van der Waals surface area (Å²) in [6.45, 7) is 0.274. The molecule has 0 radical (unpaired) electrons. The van der Waals surface area contributed by atoms with E-state index in [9.17, 15) is 15.4 Å². The van der Waals surface area contributed by atoms with E-state index in [4.69, 9.17) is 10.00 Å². The maximum absolute atomic E-state index is 10.9. The van der Waals surface area contributed by atoms with Crippen LogP contribution in [0, 0.1) is 32.8 Å². The zero-order valence-corrected chi connectivity index (χ0v) is 15.3. The second-order valence-corrected chi connectivity index (χ2v) is 6.10. The Morgan fingerprint density at radius 2 is 1.79 bits per heavy atom. The number of nitriles is 2. The molecule has 0 fully saturated rings. The Hall–Kier alpha value is -4.42. The number of hydrogen-bond donors (Lipinski definition) is 0. The van der Waals surface area contributed by atoms with E-state index >= 15 is 0 Å². The van der Waals surface area contributed by atoms with E-state index < -0.39 is 4.92 Å². The van der Waals surface area contributed by atoms with E-state index in [1.54, 1.807) is 54.6 Å². The number of rotatable bonds is 6. The fourth-order valence-corrected chi connectivity index (χ4v) is 2.71. The molecule has 3 aromatic carbocycles. The summed E-state index contributed by atoms with van der Waals surface area (Å²) in [5, 5.41) is 29.5. The SMILES string of the molecule is N#C/C(=C\c1ccc(OCc2ccccc2C#N)cc1)c1cccc([N+](=O)[O-])c1. The van der Waals surface area contributed by atoms with Crippen molar-refractivity contribution in [2.24, 2.45) is 0 Å². The van der Waals surface area contributed by atoms with Crippen molar-refractivity contribution in [3.05, 3.63) is 105 Å². The molecule has 0 unspecified atom stereocenters. The van der Waals surface area contributed by atoms with E-state index in [0.717, 1.165) is 11.1 Å². The molecule has 0 aromatic heterocycles. The van der Waals surface area contributed by atoms with Gasteiger partial charge in [-0.2, -0.15) is 10.5 Å². The predicted octanol–water partition coefficient (Wildman–Crippen LogP) is 5.11. The Morgan fingerprint density at radius 1 is 1.03 bits per heavy atom. The Balaban J connectivity index is 1.75. The van der Waals surface area contributed by atoms with Crippen LogP contribution in [0.25, 0.3) is 11.6 Å². The summed E-state index contributed by atoms with van der Waals surface area (Å²) in [6, 6.07) is 24.5. The second-order valence-electron chi connectivity index (χ2n) is 6.10. The molecule has 0 bridgehead atoms. The second kappa shape index (κ2) is 8.98. The van der Waals surface area contributed by atoms with E-state index in [0.29, 0.717) is 22.4 Å². The van der Waals surface area contributed by atoms with Crippen LogP contribution in [0.3, 0.4) is 0 Å². The van der Waals surface area contributed by atoms with Crippen LogP contribution in [0.1, 0.15) is 22.3 Å². The van der Waals surface area contributed by atoms with E-state index in [1.165, 1.54) is 12.1 Å². The molecule has 0 amide bonds. The highest BCUT2D eigenvalue weighted by molar-refractivity contribution is 5.90. The number of non-ortho nitro benzene ring substituents is 1. The highest BCUT2D eigenvalue weighted by Gasteiger charge is 2.09. The van der Waals surface area contributed by atoms with E-state index in [2.05, 4.69) is 12.1 Å². The molecule has 0 N–H and O–H groups in total. The van der Waals surface area contributed by atoms with E-state index in [1.807, 2.05) is 12.1 Å². The average Bonchev–Trinajstić information content (AvgIpc) is 2.77. The summed E-state index contributed by atoms with van der Waals surface area (Å²) in [5.41, 5.74) is 2.88. The Morgan fingerprint density at radius 3 is 2.48 bits per heavy atom. The molecular formula is C23H15N3O3. The molecule has 0 saturated carbocycles. The van der Waals surface area contributed by atoms with Crippen LogP contribution in [0.5, 0.6) is 5.75 Å². The minimum absolute atomic E-state index is 0.0648. The van der Waals surface area contributed by atoms with Crippen molar-refractivity contribution in [1.82, 2.24) is 0 Å². The minimum atomic E-state index is -0.491. The fourth-order valence-electron chi connectivity index (χ4n) is 2.71.